The smallest absolute Gasteiger partial charge is 0.269 e. The maximum Gasteiger partial charge on any atom is 0.269 e. The fraction of sp³-hybridized carbons (Fsp3) is 0.188. The molecule has 0 heterocycles. The third-order valence-electron chi connectivity index (χ3n) is 2.29. The normalized spacial score (nSPS) is 9.32. The standard InChI is InChI=1S/C13H9FN2O2.C2H6.CH5N/c14-11-3-1-10(2-4-11)9-15-12-5-7-13(8-6-12)16(17)18;2*1-2/h1-9H;1-2H3;2H2,1H3. The summed E-state index contributed by atoms with van der Waals surface area (Å²) in [6.07, 6.45) is 1.57. The van der Waals surface area contributed by atoms with Crippen molar-refractivity contribution in [1.82, 2.24) is 0 Å². The number of nitrogens with zero attached hydrogens (tertiary/aromatic N) is 2. The van der Waals surface area contributed by atoms with Crippen molar-refractivity contribution in [2.24, 2.45) is 10.7 Å². The Labute approximate surface area is 129 Å². The molecule has 22 heavy (non-hydrogen) atoms. The molecule has 0 spiro atoms. The van der Waals surface area contributed by atoms with Crippen LogP contribution in [-0.4, -0.2) is 18.2 Å². The van der Waals surface area contributed by atoms with Gasteiger partial charge in [0.05, 0.1) is 10.6 Å². The van der Waals surface area contributed by atoms with Gasteiger partial charge in [-0.3, -0.25) is 15.1 Å². The summed E-state index contributed by atoms with van der Waals surface area (Å²) in [5.74, 6) is -0.303. The van der Waals surface area contributed by atoms with Crippen molar-refractivity contribution in [3.63, 3.8) is 0 Å². The Balaban J connectivity index is 0.00000102. The van der Waals surface area contributed by atoms with Crippen LogP contribution in [-0.2, 0) is 0 Å². The molecule has 0 fully saturated rings. The number of hydrogen-bond acceptors (Lipinski definition) is 4. The summed E-state index contributed by atoms with van der Waals surface area (Å²) in [4.78, 5) is 14.1. The van der Waals surface area contributed by atoms with Gasteiger partial charge in [-0.2, -0.15) is 0 Å². The van der Waals surface area contributed by atoms with Crippen molar-refractivity contribution >= 4 is 17.6 Å². The Morgan fingerprint density at radius 3 is 2.00 bits per heavy atom. The van der Waals surface area contributed by atoms with Crippen LogP contribution in [0, 0.1) is 15.9 Å². The number of halogens is 1. The van der Waals surface area contributed by atoms with Gasteiger partial charge in [-0.1, -0.05) is 26.0 Å². The van der Waals surface area contributed by atoms with E-state index in [4.69, 9.17) is 0 Å². The first kappa shape index (κ1) is 19.4. The molecule has 0 amide bonds. The quantitative estimate of drug-likeness (QED) is 0.527. The molecule has 0 saturated carbocycles. The van der Waals surface area contributed by atoms with Crippen molar-refractivity contribution in [1.29, 1.82) is 0 Å². The van der Waals surface area contributed by atoms with Crippen LogP contribution < -0.4 is 5.73 Å². The van der Waals surface area contributed by atoms with E-state index in [9.17, 15) is 14.5 Å². The van der Waals surface area contributed by atoms with Gasteiger partial charge >= 0.3 is 0 Å². The molecule has 0 aliphatic rings. The number of benzene rings is 2. The Bertz CT molecular complexity index is 581. The maximum atomic E-state index is 12.7. The van der Waals surface area contributed by atoms with Crippen LogP contribution in [0.1, 0.15) is 19.4 Å². The summed E-state index contributed by atoms with van der Waals surface area (Å²) in [5.41, 5.74) is 5.88. The van der Waals surface area contributed by atoms with Gasteiger partial charge in [0.1, 0.15) is 5.82 Å². The Morgan fingerprint density at radius 2 is 1.55 bits per heavy atom. The summed E-state index contributed by atoms with van der Waals surface area (Å²) in [7, 11) is 1.50. The molecule has 2 N–H and O–H groups in total. The summed E-state index contributed by atoms with van der Waals surface area (Å²) in [6.45, 7) is 4.00. The van der Waals surface area contributed by atoms with Crippen LogP contribution in [0.25, 0.3) is 0 Å². The van der Waals surface area contributed by atoms with Crippen LogP contribution in [0.4, 0.5) is 15.8 Å². The minimum absolute atomic E-state index is 0.0238. The maximum absolute atomic E-state index is 12.7. The number of nitrogens with two attached hydrogens (primary N) is 1. The zero-order valence-electron chi connectivity index (χ0n) is 12.9. The average molecular weight is 305 g/mol. The van der Waals surface area contributed by atoms with Crippen molar-refractivity contribution < 1.29 is 9.31 Å². The van der Waals surface area contributed by atoms with E-state index in [0.717, 1.165) is 5.56 Å². The lowest BCUT2D eigenvalue weighted by Gasteiger charge is -1.95. The van der Waals surface area contributed by atoms with Crippen molar-refractivity contribution in [3.8, 4) is 0 Å². The first-order valence-electron chi connectivity index (χ1n) is 6.77. The van der Waals surface area contributed by atoms with E-state index in [1.165, 1.54) is 31.3 Å². The van der Waals surface area contributed by atoms with Gasteiger partial charge in [-0.25, -0.2) is 4.39 Å². The molecule has 0 aliphatic heterocycles. The molecule has 0 unspecified atom stereocenters. The second-order valence-corrected chi connectivity index (χ2v) is 3.58. The number of rotatable bonds is 3. The largest absolute Gasteiger partial charge is 0.333 e. The van der Waals surface area contributed by atoms with Crippen LogP contribution in [0.2, 0.25) is 0 Å². The second-order valence-electron chi connectivity index (χ2n) is 3.58. The number of aliphatic imine (C=N–C) groups is 1. The second kappa shape index (κ2) is 11.1. The molecule has 0 radical (unpaired) electrons. The summed E-state index contributed by atoms with van der Waals surface area (Å²) in [5, 5.41) is 10.5. The molecule has 5 nitrogen and oxygen atoms in total. The minimum Gasteiger partial charge on any atom is -0.333 e. The molecule has 2 aromatic carbocycles. The highest BCUT2D eigenvalue weighted by molar-refractivity contribution is 5.81. The van der Waals surface area contributed by atoms with E-state index in [-0.39, 0.29) is 11.5 Å². The third-order valence-corrected chi connectivity index (χ3v) is 2.29. The lowest BCUT2D eigenvalue weighted by molar-refractivity contribution is -0.384. The first-order valence-corrected chi connectivity index (χ1v) is 6.77. The van der Waals surface area contributed by atoms with Gasteiger partial charge in [0.25, 0.3) is 5.69 Å². The lowest BCUT2D eigenvalue weighted by atomic mass is 10.2. The molecule has 0 aromatic heterocycles. The Morgan fingerprint density at radius 1 is 1.05 bits per heavy atom. The zero-order valence-corrected chi connectivity index (χ0v) is 12.9. The number of non-ortho nitro benzene ring substituents is 1. The van der Waals surface area contributed by atoms with Crippen molar-refractivity contribution in [2.75, 3.05) is 7.05 Å². The number of nitro groups is 1. The predicted octanol–water partition coefficient (Wildman–Crippen LogP) is 4.09. The summed E-state index contributed by atoms with van der Waals surface area (Å²) >= 11 is 0. The first-order chi connectivity index (χ1) is 10.6. The minimum atomic E-state index is -0.465. The third kappa shape index (κ3) is 6.71. The van der Waals surface area contributed by atoms with Gasteiger partial charge in [0.2, 0.25) is 0 Å². The molecule has 0 atom stereocenters. The van der Waals surface area contributed by atoms with Gasteiger partial charge in [-0.15, -0.1) is 0 Å². The topological polar surface area (TPSA) is 81.5 Å². The molecule has 0 aliphatic carbocycles. The van der Waals surface area contributed by atoms with E-state index in [1.54, 1.807) is 30.5 Å². The van der Waals surface area contributed by atoms with E-state index >= 15 is 0 Å². The van der Waals surface area contributed by atoms with E-state index in [0.29, 0.717) is 5.69 Å². The van der Waals surface area contributed by atoms with Crippen LogP contribution in [0.5, 0.6) is 0 Å². The van der Waals surface area contributed by atoms with Crippen molar-refractivity contribution in [3.05, 3.63) is 70.0 Å². The fourth-order valence-electron chi connectivity index (χ4n) is 1.36. The molecule has 0 saturated heterocycles. The molecular formula is C16H20FN3O2. The highest BCUT2D eigenvalue weighted by atomic mass is 19.1. The molecule has 6 heteroatoms. The molecule has 2 aromatic rings. The van der Waals surface area contributed by atoms with Crippen LogP contribution in [0.3, 0.4) is 0 Å². The summed E-state index contributed by atoms with van der Waals surface area (Å²) in [6, 6.07) is 11.8. The highest BCUT2D eigenvalue weighted by Crippen LogP contribution is 2.17. The molecular weight excluding hydrogens is 285 g/mol. The zero-order chi connectivity index (χ0) is 17.0. The molecule has 0 bridgehead atoms. The van der Waals surface area contributed by atoms with Gasteiger partial charge < -0.3 is 5.73 Å². The predicted molar refractivity (Wildman–Crippen MR) is 88.2 cm³/mol. The van der Waals surface area contributed by atoms with E-state index in [2.05, 4.69) is 10.7 Å². The molecule has 118 valence electrons. The Kier molecular flexibility index (Phi) is 9.79. The highest BCUT2D eigenvalue weighted by Gasteiger charge is 2.02. The lowest BCUT2D eigenvalue weighted by Crippen LogP contribution is -1.86. The van der Waals surface area contributed by atoms with E-state index in [1.807, 2.05) is 13.8 Å². The SMILES string of the molecule is CC.CN.O=[N+]([O-])c1ccc(N=Cc2ccc(F)cc2)cc1. The fourth-order valence-corrected chi connectivity index (χ4v) is 1.36. The monoisotopic (exact) mass is 305 g/mol. The average Bonchev–Trinajstić information content (AvgIpc) is 2.58. The van der Waals surface area contributed by atoms with Crippen molar-refractivity contribution in [2.45, 2.75) is 13.8 Å². The van der Waals surface area contributed by atoms with E-state index < -0.39 is 4.92 Å². The van der Waals surface area contributed by atoms with Gasteiger partial charge in [0, 0.05) is 18.3 Å². The molecule has 2 rings (SSSR count). The van der Waals surface area contributed by atoms with Gasteiger partial charge in [-0.05, 0) is 36.9 Å². The summed E-state index contributed by atoms with van der Waals surface area (Å²) < 4.78 is 12.7. The number of hydrogen-bond donors (Lipinski definition) is 1. The van der Waals surface area contributed by atoms with Gasteiger partial charge in [0.15, 0.2) is 0 Å². The number of nitro benzene ring substituents is 1. The van der Waals surface area contributed by atoms with Crippen LogP contribution in [0.15, 0.2) is 53.5 Å². The van der Waals surface area contributed by atoms with Crippen LogP contribution >= 0.6 is 0 Å². The Hall–Kier alpha value is -2.60.